The Kier molecular flexibility index (Phi) is 5.09. The van der Waals surface area contributed by atoms with E-state index in [1.165, 1.54) is 32.1 Å². The predicted octanol–water partition coefficient (Wildman–Crippen LogP) is 5.90. The van der Waals surface area contributed by atoms with E-state index in [0.29, 0.717) is 5.92 Å². The number of halogens is 1. The molecule has 2 fully saturated rings. The minimum atomic E-state index is -0.789. The summed E-state index contributed by atoms with van der Waals surface area (Å²) in [5, 5.41) is 0. The summed E-state index contributed by atoms with van der Waals surface area (Å²) in [5.74, 6) is 2.11. The van der Waals surface area contributed by atoms with Crippen LogP contribution in [0.25, 0.3) is 0 Å². The summed E-state index contributed by atoms with van der Waals surface area (Å²) in [4.78, 5) is 0. The Labute approximate surface area is 113 Å². The highest BCUT2D eigenvalue weighted by Gasteiger charge is 2.42. The molecule has 0 aliphatic heterocycles. The topological polar surface area (TPSA) is 0 Å². The van der Waals surface area contributed by atoms with Crippen LogP contribution in [0.1, 0.15) is 84.5 Å². The van der Waals surface area contributed by atoms with Crippen molar-refractivity contribution in [3.05, 3.63) is 0 Å². The van der Waals surface area contributed by atoms with E-state index in [1.807, 2.05) is 0 Å². The lowest BCUT2D eigenvalue weighted by Crippen LogP contribution is -2.39. The van der Waals surface area contributed by atoms with E-state index in [4.69, 9.17) is 0 Å². The number of hydrogen-bond acceptors (Lipinski definition) is 0. The number of hydrogen-bond donors (Lipinski definition) is 0. The molecule has 0 saturated heterocycles. The zero-order chi connectivity index (χ0) is 13.0. The molecule has 2 aliphatic rings. The molecule has 0 aromatic rings. The Morgan fingerprint density at radius 2 is 1.50 bits per heavy atom. The Bertz CT molecular complexity index is 232. The molecule has 106 valence electrons. The molecule has 2 rings (SSSR count). The molecule has 0 radical (unpaired) electrons. The van der Waals surface area contributed by atoms with Gasteiger partial charge in [-0.25, -0.2) is 4.39 Å². The molecular weight excluding hydrogens is 223 g/mol. The van der Waals surface area contributed by atoms with Gasteiger partial charge in [0, 0.05) is 0 Å². The highest BCUT2D eigenvalue weighted by molar-refractivity contribution is 4.93. The van der Waals surface area contributed by atoms with Crippen LogP contribution in [0.3, 0.4) is 0 Å². The SMILES string of the molecule is CCCC1CCC(C2(F)CCC(CC)CC2)CC1. The Morgan fingerprint density at radius 3 is 2.00 bits per heavy atom. The second-order valence-electron chi connectivity index (χ2n) is 6.89. The number of rotatable bonds is 4. The zero-order valence-corrected chi connectivity index (χ0v) is 12.4. The Hall–Kier alpha value is -0.0700. The van der Waals surface area contributed by atoms with Crippen LogP contribution in [-0.4, -0.2) is 5.67 Å². The van der Waals surface area contributed by atoms with Gasteiger partial charge in [0.1, 0.15) is 5.67 Å². The standard InChI is InChI=1S/C17H31F/c1-3-5-15-6-8-16(9-7-15)17(18)12-10-14(4-2)11-13-17/h14-16H,3-13H2,1-2H3. The van der Waals surface area contributed by atoms with E-state index in [2.05, 4.69) is 13.8 Å². The van der Waals surface area contributed by atoms with Crippen molar-refractivity contribution in [2.45, 2.75) is 90.1 Å². The molecule has 2 aliphatic carbocycles. The van der Waals surface area contributed by atoms with E-state index in [9.17, 15) is 0 Å². The molecule has 0 aromatic heterocycles. The minimum Gasteiger partial charge on any atom is -0.244 e. The fourth-order valence-electron chi connectivity index (χ4n) is 4.35. The molecule has 0 N–H and O–H groups in total. The maximum Gasteiger partial charge on any atom is 0.113 e. The van der Waals surface area contributed by atoms with Gasteiger partial charge >= 0.3 is 0 Å². The second kappa shape index (κ2) is 6.39. The molecule has 0 spiro atoms. The van der Waals surface area contributed by atoms with Gasteiger partial charge in [0.15, 0.2) is 0 Å². The lowest BCUT2D eigenvalue weighted by Gasteiger charge is -2.42. The van der Waals surface area contributed by atoms with E-state index >= 15 is 4.39 Å². The third kappa shape index (κ3) is 3.27. The predicted molar refractivity (Wildman–Crippen MR) is 76.4 cm³/mol. The zero-order valence-electron chi connectivity index (χ0n) is 12.4. The smallest absolute Gasteiger partial charge is 0.113 e. The van der Waals surface area contributed by atoms with Crippen LogP contribution in [0.2, 0.25) is 0 Å². The maximum atomic E-state index is 15.1. The minimum absolute atomic E-state index is 0.392. The quantitative estimate of drug-likeness (QED) is 0.585. The molecular formula is C17H31F. The van der Waals surface area contributed by atoms with Crippen LogP contribution in [0, 0.1) is 17.8 Å². The Balaban J connectivity index is 1.81. The van der Waals surface area contributed by atoms with Crippen LogP contribution in [0.15, 0.2) is 0 Å². The van der Waals surface area contributed by atoms with Gasteiger partial charge in [0.25, 0.3) is 0 Å². The molecule has 0 aromatic carbocycles. The molecule has 0 heterocycles. The van der Waals surface area contributed by atoms with Crippen molar-refractivity contribution in [3.63, 3.8) is 0 Å². The normalized spacial score (nSPS) is 41.8. The summed E-state index contributed by atoms with van der Waals surface area (Å²) in [6.45, 7) is 4.53. The molecule has 0 unspecified atom stereocenters. The van der Waals surface area contributed by atoms with Crippen molar-refractivity contribution < 1.29 is 4.39 Å². The van der Waals surface area contributed by atoms with E-state index in [0.717, 1.165) is 50.4 Å². The molecule has 18 heavy (non-hydrogen) atoms. The maximum absolute atomic E-state index is 15.1. The van der Waals surface area contributed by atoms with Crippen LogP contribution >= 0.6 is 0 Å². The molecule has 0 amide bonds. The lowest BCUT2D eigenvalue weighted by molar-refractivity contribution is -0.00206. The van der Waals surface area contributed by atoms with Gasteiger partial charge in [0.2, 0.25) is 0 Å². The van der Waals surface area contributed by atoms with Crippen LogP contribution in [-0.2, 0) is 0 Å². The van der Waals surface area contributed by atoms with Gasteiger partial charge in [0.05, 0.1) is 0 Å². The molecule has 0 atom stereocenters. The van der Waals surface area contributed by atoms with Crippen molar-refractivity contribution in [1.29, 1.82) is 0 Å². The summed E-state index contributed by atoms with van der Waals surface area (Å²) in [6.07, 6.45) is 12.8. The van der Waals surface area contributed by atoms with Crippen LogP contribution in [0.5, 0.6) is 0 Å². The van der Waals surface area contributed by atoms with Gasteiger partial charge in [-0.15, -0.1) is 0 Å². The van der Waals surface area contributed by atoms with Crippen molar-refractivity contribution in [3.8, 4) is 0 Å². The third-order valence-electron chi connectivity index (χ3n) is 5.79. The van der Waals surface area contributed by atoms with Gasteiger partial charge in [-0.2, -0.15) is 0 Å². The van der Waals surface area contributed by atoms with Crippen LogP contribution < -0.4 is 0 Å². The summed E-state index contributed by atoms with van der Waals surface area (Å²) in [5.41, 5.74) is -0.789. The van der Waals surface area contributed by atoms with Gasteiger partial charge in [-0.05, 0) is 56.3 Å². The van der Waals surface area contributed by atoms with Gasteiger partial charge < -0.3 is 0 Å². The van der Waals surface area contributed by atoms with Crippen molar-refractivity contribution >= 4 is 0 Å². The van der Waals surface area contributed by atoms with E-state index in [-0.39, 0.29) is 0 Å². The first kappa shape index (κ1) is 14.3. The number of alkyl halides is 1. The highest BCUT2D eigenvalue weighted by Crippen LogP contribution is 2.47. The molecule has 0 bridgehead atoms. The van der Waals surface area contributed by atoms with Gasteiger partial charge in [-0.3, -0.25) is 0 Å². The van der Waals surface area contributed by atoms with Crippen molar-refractivity contribution in [2.24, 2.45) is 17.8 Å². The first-order valence-corrected chi connectivity index (χ1v) is 8.36. The van der Waals surface area contributed by atoms with Crippen molar-refractivity contribution in [2.75, 3.05) is 0 Å². The highest BCUT2D eigenvalue weighted by atomic mass is 19.1. The summed E-state index contributed by atoms with van der Waals surface area (Å²) < 4.78 is 15.1. The van der Waals surface area contributed by atoms with Crippen LogP contribution in [0.4, 0.5) is 4.39 Å². The summed E-state index contributed by atoms with van der Waals surface area (Å²) in [7, 11) is 0. The molecule has 2 saturated carbocycles. The Morgan fingerprint density at radius 1 is 0.889 bits per heavy atom. The van der Waals surface area contributed by atoms with E-state index in [1.54, 1.807) is 0 Å². The van der Waals surface area contributed by atoms with Crippen molar-refractivity contribution in [1.82, 2.24) is 0 Å². The lowest BCUT2D eigenvalue weighted by atomic mass is 9.66. The molecule has 1 heteroatoms. The van der Waals surface area contributed by atoms with Gasteiger partial charge in [-0.1, -0.05) is 46.0 Å². The first-order valence-electron chi connectivity index (χ1n) is 8.36. The molecule has 0 nitrogen and oxygen atoms in total. The average Bonchev–Trinajstić information content (AvgIpc) is 2.41. The third-order valence-corrected chi connectivity index (χ3v) is 5.79. The largest absolute Gasteiger partial charge is 0.244 e. The first-order chi connectivity index (χ1) is 8.68. The fourth-order valence-corrected chi connectivity index (χ4v) is 4.35. The van der Waals surface area contributed by atoms with E-state index < -0.39 is 5.67 Å². The second-order valence-corrected chi connectivity index (χ2v) is 6.89. The fraction of sp³-hybridized carbons (Fsp3) is 1.00. The monoisotopic (exact) mass is 254 g/mol. The average molecular weight is 254 g/mol. The summed E-state index contributed by atoms with van der Waals surface area (Å²) in [6, 6.07) is 0. The summed E-state index contributed by atoms with van der Waals surface area (Å²) >= 11 is 0.